The van der Waals surface area contributed by atoms with Crippen LogP contribution >= 0.6 is 11.3 Å². The number of nitrogens with one attached hydrogen (secondary N) is 2. The van der Waals surface area contributed by atoms with Crippen LogP contribution in [0.2, 0.25) is 0 Å². The van der Waals surface area contributed by atoms with Crippen molar-refractivity contribution in [2.45, 2.75) is 78.2 Å². The first-order valence-corrected chi connectivity index (χ1v) is 16.0. The van der Waals surface area contributed by atoms with Crippen LogP contribution in [0.25, 0.3) is 0 Å². The Bertz CT molecular complexity index is 1330. The predicted molar refractivity (Wildman–Crippen MR) is 163 cm³/mol. The van der Waals surface area contributed by atoms with Crippen molar-refractivity contribution in [2.75, 3.05) is 32.8 Å². The summed E-state index contributed by atoms with van der Waals surface area (Å²) in [5.74, 6) is -0.0141. The Labute approximate surface area is 252 Å². The molecule has 1 aromatic carbocycles. The van der Waals surface area contributed by atoms with Crippen LogP contribution in [0.5, 0.6) is 5.75 Å². The summed E-state index contributed by atoms with van der Waals surface area (Å²) in [5.41, 5.74) is 3.73. The molecule has 2 aromatic heterocycles. The van der Waals surface area contributed by atoms with Gasteiger partial charge < -0.3 is 15.4 Å². The Morgan fingerprint density at radius 1 is 1.00 bits per heavy atom. The summed E-state index contributed by atoms with van der Waals surface area (Å²) in [6, 6.07) is 7.15. The summed E-state index contributed by atoms with van der Waals surface area (Å²) in [6.45, 7) is 11.0. The lowest BCUT2D eigenvalue weighted by Crippen LogP contribution is -2.45. The Morgan fingerprint density at radius 3 is 2.69 bits per heavy atom. The first-order chi connectivity index (χ1) is 20.4. The lowest BCUT2D eigenvalue weighted by Gasteiger charge is -2.25. The van der Waals surface area contributed by atoms with E-state index in [9.17, 15) is 9.59 Å². The number of piperidine rings is 1. The van der Waals surface area contributed by atoms with Gasteiger partial charge in [0.1, 0.15) is 11.8 Å². The average Bonchev–Trinajstić information content (AvgIpc) is 3.62. The first-order valence-electron chi connectivity index (χ1n) is 15.1. The summed E-state index contributed by atoms with van der Waals surface area (Å²) in [5, 5.41) is 16.9. The molecule has 2 amide bonds. The normalized spacial score (nSPS) is 20.4. The lowest BCUT2D eigenvalue weighted by molar-refractivity contribution is -0.122. The zero-order chi connectivity index (χ0) is 29.3. The number of rotatable bonds is 4. The number of amides is 2. The van der Waals surface area contributed by atoms with Gasteiger partial charge in [0.2, 0.25) is 5.91 Å². The molecule has 0 spiro atoms. The van der Waals surface area contributed by atoms with Crippen LogP contribution in [0, 0.1) is 6.92 Å². The van der Waals surface area contributed by atoms with Gasteiger partial charge in [-0.15, -0.1) is 16.4 Å². The molecule has 5 rings (SSSR count). The number of fused-ring (bicyclic) bond motifs is 3. The van der Waals surface area contributed by atoms with Crippen molar-refractivity contribution < 1.29 is 14.3 Å². The van der Waals surface area contributed by atoms with E-state index in [0.717, 1.165) is 43.7 Å². The number of ether oxygens (including phenoxy) is 1. The van der Waals surface area contributed by atoms with Crippen LogP contribution in [-0.2, 0) is 31.0 Å². The standard InChI is InChI=1S/C31H43N7O3S/c1-23-8-9-28-29(16-23)41-15-7-14-38-20-26(34-35-38)19-37(13-6-10-32-30(39)24(2)33-31(28)40)21-27-17-25(22-42-27)18-36-11-4-3-5-12-36/h8-9,16-17,20,22,24H,3-7,10-15,18-19,21H2,1-2H3,(H,32,39)(H,33,40)/t24-/m1/s1. The summed E-state index contributed by atoms with van der Waals surface area (Å²) in [6.07, 6.45) is 7.45. The minimum Gasteiger partial charge on any atom is -0.493 e. The molecule has 226 valence electrons. The molecule has 1 atom stereocenters. The third kappa shape index (κ3) is 8.62. The van der Waals surface area contributed by atoms with Crippen LogP contribution in [-0.4, -0.2) is 75.4 Å². The number of carbonyl (C=O) groups is 2. The van der Waals surface area contributed by atoms with E-state index < -0.39 is 6.04 Å². The minimum absolute atomic E-state index is 0.203. The molecule has 11 heteroatoms. The summed E-state index contributed by atoms with van der Waals surface area (Å²) in [7, 11) is 0. The fourth-order valence-corrected chi connectivity index (χ4v) is 6.43. The number of aromatic nitrogens is 3. The van der Waals surface area contributed by atoms with Crippen molar-refractivity contribution in [3.05, 3.63) is 63.1 Å². The highest BCUT2D eigenvalue weighted by Crippen LogP contribution is 2.22. The number of carbonyl (C=O) groups excluding carboxylic acids is 2. The van der Waals surface area contributed by atoms with E-state index in [1.165, 1.54) is 42.8 Å². The van der Waals surface area contributed by atoms with Crippen LogP contribution in [0.15, 0.2) is 35.8 Å². The van der Waals surface area contributed by atoms with Gasteiger partial charge in [-0.2, -0.15) is 0 Å². The summed E-state index contributed by atoms with van der Waals surface area (Å²) >= 11 is 1.82. The van der Waals surface area contributed by atoms with Gasteiger partial charge in [-0.3, -0.25) is 24.1 Å². The molecule has 2 N–H and O–H groups in total. The molecule has 0 radical (unpaired) electrons. The van der Waals surface area contributed by atoms with Gasteiger partial charge in [0.05, 0.1) is 17.9 Å². The molecule has 2 aliphatic rings. The highest BCUT2D eigenvalue weighted by atomic mass is 32.1. The largest absolute Gasteiger partial charge is 0.493 e. The monoisotopic (exact) mass is 593 g/mol. The summed E-state index contributed by atoms with van der Waals surface area (Å²) in [4.78, 5) is 32.1. The molecule has 0 saturated carbocycles. The molecule has 0 unspecified atom stereocenters. The molecule has 1 saturated heterocycles. The van der Waals surface area contributed by atoms with Crippen LogP contribution in [0.4, 0.5) is 0 Å². The van der Waals surface area contributed by atoms with E-state index in [1.807, 2.05) is 41.3 Å². The lowest BCUT2D eigenvalue weighted by atomic mass is 10.1. The van der Waals surface area contributed by atoms with Crippen molar-refractivity contribution in [3.8, 4) is 5.75 Å². The quantitative estimate of drug-likeness (QED) is 0.475. The van der Waals surface area contributed by atoms with Gasteiger partial charge in [0.25, 0.3) is 5.91 Å². The molecular formula is C31H43N7O3S. The topological polar surface area (TPSA) is 105 Å². The van der Waals surface area contributed by atoms with E-state index in [0.29, 0.717) is 37.6 Å². The highest BCUT2D eigenvalue weighted by Gasteiger charge is 2.20. The molecule has 0 aliphatic carbocycles. The zero-order valence-electron chi connectivity index (χ0n) is 24.8. The van der Waals surface area contributed by atoms with Gasteiger partial charge in [-0.25, -0.2) is 0 Å². The molecule has 10 nitrogen and oxygen atoms in total. The van der Waals surface area contributed by atoms with Crippen LogP contribution < -0.4 is 15.4 Å². The fourth-order valence-electron chi connectivity index (χ4n) is 5.50. The molecular weight excluding hydrogens is 550 g/mol. The molecule has 42 heavy (non-hydrogen) atoms. The Hall–Kier alpha value is -3.28. The Morgan fingerprint density at radius 2 is 1.83 bits per heavy atom. The van der Waals surface area contributed by atoms with Gasteiger partial charge in [-0.1, -0.05) is 17.7 Å². The van der Waals surface area contributed by atoms with E-state index in [4.69, 9.17) is 4.74 Å². The maximum absolute atomic E-state index is 13.0. The predicted octanol–water partition coefficient (Wildman–Crippen LogP) is 3.74. The van der Waals surface area contributed by atoms with Crippen molar-refractivity contribution in [2.24, 2.45) is 0 Å². The number of aryl methyl sites for hydroxylation is 2. The highest BCUT2D eigenvalue weighted by molar-refractivity contribution is 7.10. The van der Waals surface area contributed by atoms with Crippen LogP contribution in [0.3, 0.4) is 0 Å². The number of hydrogen-bond donors (Lipinski definition) is 2. The second kappa shape index (κ2) is 14.8. The minimum atomic E-state index is -0.664. The maximum atomic E-state index is 13.0. The van der Waals surface area contributed by atoms with Gasteiger partial charge in [0.15, 0.2) is 0 Å². The van der Waals surface area contributed by atoms with Crippen molar-refractivity contribution in [1.29, 1.82) is 0 Å². The second-order valence-corrected chi connectivity index (χ2v) is 12.5. The number of likely N-dealkylation sites (tertiary alicyclic amines) is 1. The molecule has 1 fully saturated rings. The Kier molecular flexibility index (Phi) is 10.6. The first kappa shape index (κ1) is 30.2. The third-order valence-electron chi connectivity index (χ3n) is 7.78. The number of nitrogens with zero attached hydrogens (tertiary/aromatic N) is 5. The van der Waals surface area contributed by atoms with Gasteiger partial charge in [0, 0.05) is 56.8 Å². The van der Waals surface area contributed by atoms with E-state index in [-0.39, 0.29) is 11.8 Å². The van der Waals surface area contributed by atoms with Crippen LogP contribution in [0.1, 0.15) is 71.1 Å². The molecule has 2 bridgehead atoms. The van der Waals surface area contributed by atoms with Gasteiger partial charge >= 0.3 is 0 Å². The SMILES string of the molecule is Cc1ccc2c(c1)OCCCn1cc(nn1)CN(Cc1cc(CN3CCCCC3)cs1)CCCNC(=O)[C@@H](C)NC2=O. The van der Waals surface area contributed by atoms with E-state index >= 15 is 0 Å². The molecule has 3 aromatic rings. The smallest absolute Gasteiger partial charge is 0.255 e. The van der Waals surface area contributed by atoms with Gasteiger partial charge in [-0.05, 0) is 80.9 Å². The third-order valence-corrected chi connectivity index (χ3v) is 8.75. The van der Waals surface area contributed by atoms with E-state index in [1.54, 1.807) is 13.0 Å². The van der Waals surface area contributed by atoms with Crippen molar-refractivity contribution in [3.63, 3.8) is 0 Å². The molecule has 4 heterocycles. The summed E-state index contributed by atoms with van der Waals surface area (Å²) < 4.78 is 7.87. The fraction of sp³-hybridized carbons (Fsp3) is 0.548. The number of hydrogen-bond acceptors (Lipinski definition) is 8. The van der Waals surface area contributed by atoms with E-state index in [2.05, 4.69) is 42.2 Å². The van der Waals surface area contributed by atoms with Crippen molar-refractivity contribution in [1.82, 2.24) is 35.4 Å². The molecule has 2 aliphatic heterocycles. The number of thiophene rings is 1. The Balaban J connectivity index is 1.25. The zero-order valence-corrected chi connectivity index (χ0v) is 25.6. The number of benzene rings is 1. The average molecular weight is 594 g/mol. The maximum Gasteiger partial charge on any atom is 0.255 e. The van der Waals surface area contributed by atoms with Crippen molar-refractivity contribution >= 4 is 23.2 Å². The second-order valence-electron chi connectivity index (χ2n) is 11.5.